The highest BCUT2D eigenvalue weighted by atomic mass is 16.5. The normalized spacial score (nSPS) is 17.4. The van der Waals surface area contributed by atoms with E-state index in [1.165, 1.54) is 7.11 Å². The summed E-state index contributed by atoms with van der Waals surface area (Å²) in [5.74, 6) is 0. The molecule has 0 aromatic carbocycles. The van der Waals surface area contributed by atoms with Crippen molar-refractivity contribution in [2.45, 2.75) is 13.8 Å². The molecule has 1 heterocycles. The Labute approximate surface area is 80.5 Å². The van der Waals surface area contributed by atoms with Gasteiger partial charge in [-0.2, -0.15) is 0 Å². The third kappa shape index (κ3) is 4.12. The van der Waals surface area contributed by atoms with Gasteiger partial charge in [-0.1, -0.05) is 13.8 Å². The number of ether oxygens (including phenoxy) is 1. The number of hydrogen-bond acceptors (Lipinski definition) is 3. The first-order valence-electron chi connectivity index (χ1n) is 4.75. The summed E-state index contributed by atoms with van der Waals surface area (Å²) in [5, 5.41) is 0. The first-order valence-corrected chi connectivity index (χ1v) is 4.75. The van der Waals surface area contributed by atoms with Crippen LogP contribution in [0.15, 0.2) is 0 Å². The summed E-state index contributed by atoms with van der Waals surface area (Å²) in [6.45, 7) is 7.44. The van der Waals surface area contributed by atoms with Crippen LogP contribution < -0.4 is 0 Å². The number of piperazine rings is 1. The first kappa shape index (κ1) is 12.2. The third-order valence-electron chi connectivity index (χ3n) is 1.94. The summed E-state index contributed by atoms with van der Waals surface area (Å²) < 4.78 is 4.59. The Morgan fingerprint density at radius 1 is 1.15 bits per heavy atom. The minimum atomic E-state index is -0.210. The van der Waals surface area contributed by atoms with E-state index in [0.29, 0.717) is 0 Å². The highest BCUT2D eigenvalue weighted by molar-refractivity contribution is 5.67. The summed E-state index contributed by atoms with van der Waals surface area (Å²) in [6, 6.07) is 0. The van der Waals surface area contributed by atoms with Gasteiger partial charge in [0.2, 0.25) is 0 Å². The number of nitrogens with zero attached hydrogens (tertiary/aromatic N) is 2. The van der Waals surface area contributed by atoms with E-state index in [4.69, 9.17) is 0 Å². The van der Waals surface area contributed by atoms with E-state index >= 15 is 0 Å². The molecule has 1 amide bonds. The molecule has 0 N–H and O–H groups in total. The molecular weight excluding hydrogens is 168 g/mol. The molecule has 1 aliphatic rings. The van der Waals surface area contributed by atoms with E-state index in [2.05, 4.69) is 16.7 Å². The summed E-state index contributed by atoms with van der Waals surface area (Å²) >= 11 is 0. The fourth-order valence-corrected chi connectivity index (χ4v) is 1.12. The zero-order valence-corrected chi connectivity index (χ0v) is 9.04. The molecule has 0 radical (unpaired) electrons. The zero-order chi connectivity index (χ0) is 10.3. The van der Waals surface area contributed by atoms with Gasteiger partial charge in [0.25, 0.3) is 0 Å². The molecule has 0 spiro atoms. The number of carbonyl (C=O) groups excluding carboxylic acids is 1. The van der Waals surface area contributed by atoms with E-state index in [0.717, 1.165) is 26.2 Å². The molecule has 0 atom stereocenters. The summed E-state index contributed by atoms with van der Waals surface area (Å²) in [7, 11) is 3.47. The van der Waals surface area contributed by atoms with Crippen molar-refractivity contribution in [2.75, 3.05) is 40.3 Å². The van der Waals surface area contributed by atoms with Crippen LogP contribution >= 0.6 is 0 Å². The summed E-state index contributed by atoms with van der Waals surface area (Å²) in [5.41, 5.74) is 0. The number of amides is 1. The smallest absolute Gasteiger partial charge is 0.409 e. The molecule has 1 rings (SSSR count). The van der Waals surface area contributed by atoms with Crippen LogP contribution in [0.4, 0.5) is 4.79 Å². The Morgan fingerprint density at radius 3 is 2.00 bits per heavy atom. The standard InChI is InChI=1S/C7H14N2O2.C2H6/c1-8-3-5-9(6-4-8)7(10)11-2;1-2/h3-6H2,1-2H3;1-2H3. The fourth-order valence-electron chi connectivity index (χ4n) is 1.12. The minimum absolute atomic E-state index is 0.210. The van der Waals surface area contributed by atoms with Crippen molar-refractivity contribution in [3.63, 3.8) is 0 Å². The van der Waals surface area contributed by atoms with Crippen molar-refractivity contribution in [2.24, 2.45) is 0 Å². The Bertz CT molecular complexity index is 143. The van der Waals surface area contributed by atoms with Crippen LogP contribution in [0.3, 0.4) is 0 Å². The van der Waals surface area contributed by atoms with E-state index in [-0.39, 0.29) is 6.09 Å². The van der Waals surface area contributed by atoms with Crippen LogP contribution in [0.25, 0.3) is 0 Å². The highest BCUT2D eigenvalue weighted by Crippen LogP contribution is 2.00. The van der Waals surface area contributed by atoms with Gasteiger partial charge in [0.15, 0.2) is 0 Å². The van der Waals surface area contributed by atoms with Gasteiger partial charge in [-0.3, -0.25) is 0 Å². The molecule has 1 saturated heterocycles. The molecule has 0 saturated carbocycles. The molecule has 4 nitrogen and oxygen atoms in total. The summed E-state index contributed by atoms with van der Waals surface area (Å²) in [4.78, 5) is 14.9. The number of likely N-dealkylation sites (N-methyl/N-ethyl adjacent to an activating group) is 1. The zero-order valence-electron chi connectivity index (χ0n) is 9.04. The quantitative estimate of drug-likeness (QED) is 0.569. The topological polar surface area (TPSA) is 32.8 Å². The first-order chi connectivity index (χ1) is 6.24. The fraction of sp³-hybridized carbons (Fsp3) is 0.889. The molecule has 1 aliphatic heterocycles. The molecule has 13 heavy (non-hydrogen) atoms. The second kappa shape index (κ2) is 6.71. The lowest BCUT2D eigenvalue weighted by atomic mass is 10.3. The molecule has 0 aliphatic carbocycles. The van der Waals surface area contributed by atoms with E-state index < -0.39 is 0 Å². The van der Waals surface area contributed by atoms with Crippen LogP contribution in [0.5, 0.6) is 0 Å². The SMILES string of the molecule is CC.COC(=O)N1CCN(C)CC1. The van der Waals surface area contributed by atoms with Gasteiger partial charge < -0.3 is 14.5 Å². The predicted molar refractivity (Wildman–Crippen MR) is 52.8 cm³/mol. The molecule has 1 fully saturated rings. The number of rotatable bonds is 0. The highest BCUT2D eigenvalue weighted by Gasteiger charge is 2.18. The van der Waals surface area contributed by atoms with Gasteiger partial charge in [0.1, 0.15) is 0 Å². The van der Waals surface area contributed by atoms with Crippen molar-refractivity contribution < 1.29 is 9.53 Å². The van der Waals surface area contributed by atoms with Crippen molar-refractivity contribution in [3.05, 3.63) is 0 Å². The summed E-state index contributed by atoms with van der Waals surface area (Å²) in [6.07, 6.45) is -0.210. The third-order valence-corrected chi connectivity index (χ3v) is 1.94. The average molecular weight is 188 g/mol. The largest absolute Gasteiger partial charge is 0.453 e. The monoisotopic (exact) mass is 188 g/mol. The van der Waals surface area contributed by atoms with Gasteiger partial charge in [0, 0.05) is 26.2 Å². The van der Waals surface area contributed by atoms with Crippen molar-refractivity contribution in [3.8, 4) is 0 Å². The van der Waals surface area contributed by atoms with Gasteiger partial charge >= 0.3 is 6.09 Å². The molecule has 0 unspecified atom stereocenters. The van der Waals surface area contributed by atoms with Crippen LogP contribution in [-0.4, -0.2) is 56.2 Å². The Balaban J connectivity index is 0.000000671. The molecule has 78 valence electrons. The van der Waals surface area contributed by atoms with Crippen LogP contribution in [0.1, 0.15) is 13.8 Å². The number of methoxy groups -OCH3 is 1. The minimum Gasteiger partial charge on any atom is -0.453 e. The molecule has 0 aromatic heterocycles. The van der Waals surface area contributed by atoms with Gasteiger partial charge in [0.05, 0.1) is 7.11 Å². The molecule has 0 bridgehead atoms. The van der Waals surface area contributed by atoms with E-state index in [9.17, 15) is 4.79 Å². The number of hydrogen-bond donors (Lipinski definition) is 0. The lowest BCUT2D eigenvalue weighted by Crippen LogP contribution is -2.47. The van der Waals surface area contributed by atoms with E-state index in [1.54, 1.807) is 4.90 Å². The maximum atomic E-state index is 11.0. The van der Waals surface area contributed by atoms with Crippen molar-refractivity contribution in [1.29, 1.82) is 0 Å². The molecule has 4 heteroatoms. The maximum absolute atomic E-state index is 11.0. The second-order valence-electron chi connectivity index (χ2n) is 2.76. The lowest BCUT2D eigenvalue weighted by Gasteiger charge is -2.31. The Morgan fingerprint density at radius 2 is 1.62 bits per heavy atom. The predicted octanol–water partition coefficient (Wildman–Crippen LogP) is 1.03. The van der Waals surface area contributed by atoms with Crippen LogP contribution in [-0.2, 0) is 4.74 Å². The van der Waals surface area contributed by atoms with Crippen LogP contribution in [0, 0.1) is 0 Å². The van der Waals surface area contributed by atoms with Gasteiger partial charge in [-0.25, -0.2) is 4.79 Å². The van der Waals surface area contributed by atoms with Gasteiger partial charge in [-0.15, -0.1) is 0 Å². The lowest BCUT2D eigenvalue weighted by molar-refractivity contribution is 0.0983. The van der Waals surface area contributed by atoms with E-state index in [1.807, 2.05) is 13.8 Å². The average Bonchev–Trinajstić information content (AvgIpc) is 2.21. The van der Waals surface area contributed by atoms with Crippen molar-refractivity contribution in [1.82, 2.24) is 9.80 Å². The molecule has 0 aromatic rings. The van der Waals surface area contributed by atoms with Crippen LogP contribution in [0.2, 0.25) is 0 Å². The maximum Gasteiger partial charge on any atom is 0.409 e. The Kier molecular flexibility index (Phi) is 6.32. The number of carbonyl (C=O) groups is 1. The molecular formula is C9H20N2O2. The second-order valence-corrected chi connectivity index (χ2v) is 2.76. The Hall–Kier alpha value is -0.770. The van der Waals surface area contributed by atoms with Crippen molar-refractivity contribution >= 4 is 6.09 Å². The van der Waals surface area contributed by atoms with Gasteiger partial charge in [-0.05, 0) is 7.05 Å².